The molecule has 2 atom stereocenters. The van der Waals surface area contributed by atoms with Crippen molar-refractivity contribution in [1.29, 1.82) is 0 Å². The summed E-state index contributed by atoms with van der Waals surface area (Å²) in [5.41, 5.74) is 0.642. The van der Waals surface area contributed by atoms with E-state index in [0.29, 0.717) is 12.0 Å². The van der Waals surface area contributed by atoms with Crippen molar-refractivity contribution in [2.24, 2.45) is 0 Å². The molecule has 2 amide bonds. The van der Waals surface area contributed by atoms with Crippen LogP contribution in [0, 0.1) is 5.82 Å². The first-order chi connectivity index (χ1) is 19.5. The fraction of sp³-hybridized carbons (Fsp3) is 0.333. The quantitative estimate of drug-likeness (QED) is 0.282. The van der Waals surface area contributed by atoms with Crippen LogP contribution in [0.3, 0.4) is 0 Å². The molecule has 0 saturated heterocycles. The molecule has 0 aliphatic carbocycles. The van der Waals surface area contributed by atoms with Crippen molar-refractivity contribution in [3.8, 4) is 5.75 Å². The summed E-state index contributed by atoms with van der Waals surface area (Å²) < 4.78 is 47.9. The first kappa shape index (κ1) is 31.9. The Morgan fingerprint density at radius 1 is 1.00 bits per heavy atom. The normalized spacial score (nSPS) is 12.7. The number of anilines is 1. The molecule has 0 aliphatic rings. The first-order valence-corrected chi connectivity index (χ1v) is 15.1. The average molecular weight is 604 g/mol. The number of carbonyl (C=O) groups excluding carboxylic acids is 2. The lowest BCUT2D eigenvalue weighted by atomic mass is 10.1. The molecule has 0 spiro atoms. The summed E-state index contributed by atoms with van der Waals surface area (Å²) in [5.74, 6) is -1.26. The Kier molecular flexibility index (Phi) is 11.1. The zero-order valence-electron chi connectivity index (χ0n) is 23.5. The second-order valence-corrected chi connectivity index (χ2v) is 11.8. The Labute approximate surface area is 246 Å². The van der Waals surface area contributed by atoms with E-state index in [2.05, 4.69) is 5.32 Å². The van der Waals surface area contributed by atoms with Crippen LogP contribution < -0.4 is 14.4 Å². The fourth-order valence-corrected chi connectivity index (χ4v) is 5.84. The van der Waals surface area contributed by atoms with Gasteiger partial charge in [-0.15, -0.1) is 0 Å². The minimum Gasteiger partial charge on any atom is -0.495 e. The Morgan fingerprint density at radius 2 is 1.66 bits per heavy atom. The Hall–Kier alpha value is -3.63. The summed E-state index contributed by atoms with van der Waals surface area (Å²) in [6.45, 7) is 4.86. The SMILES string of the molecule is CCC(C)NC(=O)C(CC)N(Cc1ccc(F)cc1)C(=O)CN(c1cc(Cl)ccc1OC)S(=O)(=O)c1ccccc1. The Balaban J connectivity index is 2.11. The summed E-state index contributed by atoms with van der Waals surface area (Å²) in [7, 11) is -2.91. The third-order valence-electron chi connectivity index (χ3n) is 6.67. The van der Waals surface area contributed by atoms with Gasteiger partial charge in [0, 0.05) is 17.6 Å². The van der Waals surface area contributed by atoms with Gasteiger partial charge in [0.2, 0.25) is 11.8 Å². The van der Waals surface area contributed by atoms with Crippen LogP contribution in [0.25, 0.3) is 0 Å². The molecule has 41 heavy (non-hydrogen) atoms. The molecular weight excluding hydrogens is 569 g/mol. The van der Waals surface area contributed by atoms with Crippen LogP contribution in [0.4, 0.5) is 10.1 Å². The number of nitrogens with one attached hydrogen (secondary N) is 1. The number of benzene rings is 3. The van der Waals surface area contributed by atoms with Crippen LogP contribution in [0.15, 0.2) is 77.7 Å². The fourth-order valence-electron chi connectivity index (χ4n) is 4.24. The minimum absolute atomic E-state index is 0.0403. The van der Waals surface area contributed by atoms with Gasteiger partial charge in [-0.3, -0.25) is 13.9 Å². The van der Waals surface area contributed by atoms with Crippen LogP contribution in [0.1, 0.15) is 39.2 Å². The van der Waals surface area contributed by atoms with E-state index < -0.39 is 34.3 Å². The van der Waals surface area contributed by atoms with E-state index in [1.165, 1.54) is 60.5 Å². The predicted octanol–water partition coefficient (Wildman–Crippen LogP) is 5.41. The molecule has 0 bridgehead atoms. The zero-order valence-corrected chi connectivity index (χ0v) is 25.1. The summed E-state index contributed by atoms with van der Waals surface area (Å²) in [5, 5.41) is 3.16. The van der Waals surface area contributed by atoms with Gasteiger partial charge >= 0.3 is 0 Å². The Morgan fingerprint density at radius 3 is 2.24 bits per heavy atom. The largest absolute Gasteiger partial charge is 0.495 e. The minimum atomic E-state index is -4.29. The topological polar surface area (TPSA) is 96.0 Å². The average Bonchev–Trinajstić information content (AvgIpc) is 2.96. The van der Waals surface area contributed by atoms with Gasteiger partial charge in [0.05, 0.1) is 17.7 Å². The maximum atomic E-state index is 14.1. The van der Waals surface area contributed by atoms with Gasteiger partial charge < -0.3 is 15.0 Å². The number of methoxy groups -OCH3 is 1. The van der Waals surface area contributed by atoms with Crippen molar-refractivity contribution in [3.63, 3.8) is 0 Å². The van der Waals surface area contributed by atoms with E-state index in [9.17, 15) is 22.4 Å². The number of rotatable bonds is 13. The van der Waals surface area contributed by atoms with Crippen LogP contribution in [-0.4, -0.2) is 50.9 Å². The highest BCUT2D eigenvalue weighted by Crippen LogP contribution is 2.35. The van der Waals surface area contributed by atoms with Gasteiger partial charge in [-0.1, -0.05) is 55.8 Å². The molecule has 0 radical (unpaired) electrons. The molecule has 2 unspecified atom stereocenters. The predicted molar refractivity (Wildman–Crippen MR) is 158 cm³/mol. The number of carbonyl (C=O) groups is 2. The maximum Gasteiger partial charge on any atom is 0.264 e. The molecule has 8 nitrogen and oxygen atoms in total. The molecular formula is C30H35ClFN3O5S. The molecule has 0 aliphatic heterocycles. The van der Waals surface area contributed by atoms with Crippen LogP contribution in [0.5, 0.6) is 5.75 Å². The van der Waals surface area contributed by atoms with E-state index >= 15 is 0 Å². The molecule has 3 rings (SSSR count). The lowest BCUT2D eigenvalue weighted by Crippen LogP contribution is -2.53. The maximum absolute atomic E-state index is 14.1. The smallest absolute Gasteiger partial charge is 0.264 e. The number of hydrogen-bond acceptors (Lipinski definition) is 5. The summed E-state index contributed by atoms with van der Waals surface area (Å²) in [6, 6.07) is 16.7. The van der Waals surface area contributed by atoms with Gasteiger partial charge in [-0.2, -0.15) is 0 Å². The highest BCUT2D eigenvalue weighted by molar-refractivity contribution is 7.92. The third-order valence-corrected chi connectivity index (χ3v) is 8.68. The van der Waals surface area contributed by atoms with E-state index in [-0.39, 0.29) is 46.3 Å². The second-order valence-electron chi connectivity index (χ2n) is 9.53. The van der Waals surface area contributed by atoms with Gasteiger partial charge in [0.15, 0.2) is 0 Å². The summed E-state index contributed by atoms with van der Waals surface area (Å²) in [4.78, 5) is 28.7. The van der Waals surface area contributed by atoms with Crippen molar-refractivity contribution < 1.29 is 27.1 Å². The highest BCUT2D eigenvalue weighted by atomic mass is 35.5. The molecule has 0 aromatic heterocycles. The van der Waals surface area contributed by atoms with Gasteiger partial charge in [0.25, 0.3) is 10.0 Å². The van der Waals surface area contributed by atoms with Gasteiger partial charge in [-0.25, -0.2) is 12.8 Å². The number of hydrogen-bond donors (Lipinski definition) is 1. The van der Waals surface area contributed by atoms with Gasteiger partial charge in [-0.05, 0) is 67.8 Å². The molecule has 0 saturated carbocycles. The monoisotopic (exact) mass is 603 g/mol. The number of halogens is 2. The highest BCUT2D eigenvalue weighted by Gasteiger charge is 2.35. The lowest BCUT2D eigenvalue weighted by Gasteiger charge is -2.34. The number of nitrogens with zero attached hydrogens (tertiary/aromatic N) is 2. The van der Waals surface area contributed by atoms with Crippen molar-refractivity contribution >= 4 is 39.1 Å². The van der Waals surface area contributed by atoms with Crippen molar-refractivity contribution in [2.45, 2.75) is 57.1 Å². The number of sulfonamides is 1. The van der Waals surface area contributed by atoms with Crippen LogP contribution >= 0.6 is 11.6 Å². The third kappa shape index (κ3) is 7.98. The Bertz CT molecular complexity index is 1440. The van der Waals surface area contributed by atoms with E-state index in [1.54, 1.807) is 31.2 Å². The summed E-state index contributed by atoms with van der Waals surface area (Å²) in [6.07, 6.45) is 0.951. The first-order valence-electron chi connectivity index (χ1n) is 13.3. The number of amides is 2. The molecule has 220 valence electrons. The van der Waals surface area contributed by atoms with E-state index in [4.69, 9.17) is 16.3 Å². The lowest BCUT2D eigenvalue weighted by molar-refractivity contribution is -0.140. The molecule has 3 aromatic rings. The molecule has 1 N–H and O–H groups in total. The van der Waals surface area contributed by atoms with Crippen molar-refractivity contribution in [1.82, 2.24) is 10.2 Å². The van der Waals surface area contributed by atoms with Gasteiger partial charge in [0.1, 0.15) is 24.2 Å². The second kappa shape index (κ2) is 14.3. The zero-order chi connectivity index (χ0) is 30.2. The molecule has 0 heterocycles. The van der Waals surface area contributed by atoms with Crippen LogP contribution in [-0.2, 0) is 26.2 Å². The van der Waals surface area contributed by atoms with Crippen molar-refractivity contribution in [2.75, 3.05) is 18.0 Å². The van der Waals surface area contributed by atoms with E-state index in [1.807, 2.05) is 13.8 Å². The standard InChI is InChI=1S/C30H35ClFN3O5S/c1-5-21(3)33-30(37)26(6-2)34(19-22-12-15-24(32)16-13-22)29(36)20-35(27-18-23(31)14-17-28(27)40-4)41(38,39)25-10-8-7-9-11-25/h7-18,21,26H,5-6,19-20H2,1-4H3,(H,33,37). The van der Waals surface area contributed by atoms with E-state index in [0.717, 1.165) is 4.31 Å². The summed E-state index contributed by atoms with van der Waals surface area (Å²) >= 11 is 6.25. The molecule has 0 fully saturated rings. The van der Waals surface area contributed by atoms with Crippen LogP contribution in [0.2, 0.25) is 5.02 Å². The number of ether oxygens (including phenoxy) is 1. The molecule has 11 heteroatoms. The molecule has 3 aromatic carbocycles. The van der Waals surface area contributed by atoms with Crippen molar-refractivity contribution in [3.05, 3.63) is 89.2 Å².